The molecule has 0 aliphatic heterocycles. The summed E-state index contributed by atoms with van der Waals surface area (Å²) >= 11 is 12.0. The van der Waals surface area contributed by atoms with E-state index in [0.717, 1.165) is 0 Å². The minimum Gasteiger partial charge on any atom is -0.326 e. The first-order valence-electron chi connectivity index (χ1n) is 6.19. The van der Waals surface area contributed by atoms with Gasteiger partial charge in [-0.1, -0.05) is 44.0 Å². The Morgan fingerprint density at radius 3 is 2.30 bits per heavy atom. The maximum absolute atomic E-state index is 12.4. The molecule has 4 nitrogen and oxygen atoms in total. The number of sulfonamides is 1. The molecule has 1 aromatic carbocycles. The van der Waals surface area contributed by atoms with E-state index < -0.39 is 10.0 Å². The Morgan fingerprint density at radius 1 is 1.30 bits per heavy atom. The van der Waals surface area contributed by atoms with Crippen molar-refractivity contribution < 1.29 is 8.42 Å². The second kappa shape index (κ2) is 6.20. The minimum absolute atomic E-state index is 0.0387. The molecule has 0 amide bonds. The van der Waals surface area contributed by atoms with Crippen molar-refractivity contribution >= 4 is 33.2 Å². The molecular formula is C13H20Cl2N2O2S. The van der Waals surface area contributed by atoms with Gasteiger partial charge in [0.15, 0.2) is 0 Å². The monoisotopic (exact) mass is 338 g/mol. The summed E-state index contributed by atoms with van der Waals surface area (Å²) < 4.78 is 27.5. The Bertz CT molecular complexity index is 595. The van der Waals surface area contributed by atoms with Crippen molar-refractivity contribution in [2.45, 2.75) is 45.2 Å². The number of hydrogen-bond acceptors (Lipinski definition) is 3. The largest absolute Gasteiger partial charge is 0.326 e. The molecular weight excluding hydrogens is 319 g/mol. The first-order chi connectivity index (χ1) is 8.99. The predicted octanol–water partition coefficient (Wildman–Crippen LogP) is 3.17. The maximum atomic E-state index is 12.4. The third-order valence-electron chi connectivity index (χ3n) is 3.22. The van der Waals surface area contributed by atoms with Crippen molar-refractivity contribution in [3.63, 3.8) is 0 Å². The van der Waals surface area contributed by atoms with Gasteiger partial charge in [-0.3, -0.25) is 0 Å². The van der Waals surface area contributed by atoms with E-state index in [9.17, 15) is 8.42 Å². The number of rotatable bonds is 4. The van der Waals surface area contributed by atoms with E-state index in [4.69, 9.17) is 28.9 Å². The van der Waals surface area contributed by atoms with Crippen molar-refractivity contribution in [3.05, 3.63) is 27.7 Å². The van der Waals surface area contributed by atoms with Crippen LogP contribution in [-0.2, 0) is 16.6 Å². The first-order valence-corrected chi connectivity index (χ1v) is 8.43. The minimum atomic E-state index is -3.75. The van der Waals surface area contributed by atoms with Crippen LogP contribution in [0, 0.1) is 5.41 Å². The molecule has 0 aliphatic rings. The highest BCUT2D eigenvalue weighted by atomic mass is 35.5. The molecule has 0 aromatic heterocycles. The topological polar surface area (TPSA) is 72.2 Å². The number of halogens is 2. The molecule has 20 heavy (non-hydrogen) atoms. The third kappa shape index (κ3) is 4.09. The van der Waals surface area contributed by atoms with Gasteiger partial charge in [0.05, 0.1) is 5.02 Å². The summed E-state index contributed by atoms with van der Waals surface area (Å²) in [6, 6.07) is 2.64. The lowest BCUT2D eigenvalue weighted by atomic mass is 9.89. The molecule has 0 heterocycles. The smallest absolute Gasteiger partial charge is 0.242 e. The SMILES string of the molecule is CC(NS(=O)(=O)c1cc(Cl)cc(CN)c1Cl)C(C)(C)C. The van der Waals surface area contributed by atoms with Crippen LogP contribution in [-0.4, -0.2) is 14.5 Å². The van der Waals surface area contributed by atoms with Gasteiger partial charge >= 0.3 is 0 Å². The van der Waals surface area contributed by atoms with Gasteiger partial charge in [-0.25, -0.2) is 13.1 Å². The molecule has 0 saturated carbocycles. The summed E-state index contributed by atoms with van der Waals surface area (Å²) in [5.41, 5.74) is 5.83. The molecule has 1 rings (SSSR count). The number of benzene rings is 1. The van der Waals surface area contributed by atoms with Gasteiger partial charge in [0, 0.05) is 17.6 Å². The first kappa shape index (κ1) is 17.7. The second-order valence-electron chi connectivity index (χ2n) is 5.79. The Morgan fingerprint density at radius 2 is 1.85 bits per heavy atom. The van der Waals surface area contributed by atoms with E-state index in [-0.39, 0.29) is 27.9 Å². The Balaban J connectivity index is 3.26. The van der Waals surface area contributed by atoms with Gasteiger partial charge < -0.3 is 5.73 Å². The lowest BCUT2D eigenvalue weighted by Gasteiger charge is -2.28. The van der Waals surface area contributed by atoms with Crippen molar-refractivity contribution in [3.8, 4) is 0 Å². The van der Waals surface area contributed by atoms with Crippen LogP contribution in [0.5, 0.6) is 0 Å². The molecule has 0 spiro atoms. The average molecular weight is 339 g/mol. The third-order valence-corrected chi connectivity index (χ3v) is 5.56. The molecule has 0 radical (unpaired) electrons. The molecule has 1 atom stereocenters. The Labute approximate surface area is 130 Å². The molecule has 114 valence electrons. The fourth-order valence-corrected chi connectivity index (χ4v) is 3.83. The van der Waals surface area contributed by atoms with Crippen molar-refractivity contribution in [2.75, 3.05) is 0 Å². The van der Waals surface area contributed by atoms with E-state index in [2.05, 4.69) is 4.72 Å². The van der Waals surface area contributed by atoms with Crippen molar-refractivity contribution in [1.29, 1.82) is 0 Å². The number of nitrogens with two attached hydrogens (primary N) is 1. The fourth-order valence-electron chi connectivity index (χ4n) is 1.44. The van der Waals surface area contributed by atoms with E-state index in [1.807, 2.05) is 20.8 Å². The van der Waals surface area contributed by atoms with Crippen molar-refractivity contribution in [2.24, 2.45) is 11.1 Å². The van der Waals surface area contributed by atoms with Gasteiger partial charge in [-0.15, -0.1) is 0 Å². The van der Waals surface area contributed by atoms with Crippen LogP contribution in [0.25, 0.3) is 0 Å². The van der Waals surface area contributed by atoms with Gasteiger partial charge in [-0.2, -0.15) is 0 Å². The summed E-state index contributed by atoms with van der Waals surface area (Å²) in [6.45, 7) is 7.78. The van der Waals surface area contributed by atoms with Crippen LogP contribution in [0.1, 0.15) is 33.3 Å². The molecule has 1 unspecified atom stereocenters. The standard InChI is InChI=1S/C13H20Cl2N2O2S/c1-8(13(2,3)4)17-20(18,19)11-6-10(14)5-9(7-16)12(11)15/h5-6,8,17H,7,16H2,1-4H3. The maximum Gasteiger partial charge on any atom is 0.242 e. The second-order valence-corrected chi connectivity index (χ2v) is 8.29. The number of hydrogen-bond donors (Lipinski definition) is 2. The van der Waals surface area contributed by atoms with Gasteiger partial charge in [0.25, 0.3) is 0 Å². The average Bonchev–Trinajstić information content (AvgIpc) is 2.29. The Hall–Kier alpha value is -0.330. The predicted molar refractivity (Wildman–Crippen MR) is 83.6 cm³/mol. The van der Waals surface area contributed by atoms with E-state index in [0.29, 0.717) is 10.6 Å². The highest BCUT2D eigenvalue weighted by Gasteiger charge is 2.28. The highest BCUT2D eigenvalue weighted by molar-refractivity contribution is 7.89. The molecule has 7 heteroatoms. The van der Waals surface area contributed by atoms with Crippen molar-refractivity contribution in [1.82, 2.24) is 4.72 Å². The van der Waals surface area contributed by atoms with Gasteiger partial charge in [0.2, 0.25) is 10.0 Å². The quantitative estimate of drug-likeness (QED) is 0.885. The zero-order valence-electron chi connectivity index (χ0n) is 12.0. The lowest BCUT2D eigenvalue weighted by Crippen LogP contribution is -2.41. The summed E-state index contributed by atoms with van der Waals surface area (Å²) in [5, 5.41) is 0.407. The molecule has 1 aromatic rings. The summed E-state index contributed by atoms with van der Waals surface area (Å²) in [6.07, 6.45) is 0. The lowest BCUT2D eigenvalue weighted by molar-refractivity contribution is 0.317. The summed E-state index contributed by atoms with van der Waals surface area (Å²) in [4.78, 5) is -0.0387. The zero-order valence-corrected chi connectivity index (χ0v) is 14.3. The fraction of sp³-hybridized carbons (Fsp3) is 0.538. The van der Waals surface area contributed by atoms with Crippen LogP contribution < -0.4 is 10.5 Å². The van der Waals surface area contributed by atoms with E-state index in [1.54, 1.807) is 13.0 Å². The highest BCUT2D eigenvalue weighted by Crippen LogP contribution is 2.30. The summed E-state index contributed by atoms with van der Waals surface area (Å²) in [5.74, 6) is 0. The molecule has 0 fully saturated rings. The van der Waals surface area contributed by atoms with Crippen LogP contribution in [0.4, 0.5) is 0 Å². The van der Waals surface area contributed by atoms with Crippen LogP contribution in [0.3, 0.4) is 0 Å². The van der Waals surface area contributed by atoms with Crippen LogP contribution in [0.15, 0.2) is 17.0 Å². The normalized spacial score (nSPS) is 14.3. The molecule has 0 saturated heterocycles. The van der Waals surface area contributed by atoms with E-state index in [1.165, 1.54) is 6.07 Å². The summed E-state index contributed by atoms with van der Waals surface area (Å²) in [7, 11) is -3.75. The van der Waals surface area contributed by atoms with Crippen LogP contribution >= 0.6 is 23.2 Å². The Kier molecular flexibility index (Phi) is 5.49. The number of nitrogens with one attached hydrogen (secondary N) is 1. The molecule has 3 N–H and O–H groups in total. The van der Waals surface area contributed by atoms with Gasteiger partial charge in [-0.05, 0) is 30.0 Å². The van der Waals surface area contributed by atoms with Crippen LogP contribution in [0.2, 0.25) is 10.0 Å². The van der Waals surface area contributed by atoms with E-state index >= 15 is 0 Å². The molecule has 0 aliphatic carbocycles. The zero-order chi connectivity index (χ0) is 15.7. The van der Waals surface area contributed by atoms with Gasteiger partial charge in [0.1, 0.15) is 4.90 Å². The molecule has 0 bridgehead atoms.